The Balaban J connectivity index is 1.65. The molecule has 2 aromatic carbocycles. The van der Waals surface area contributed by atoms with E-state index in [1.807, 2.05) is 30.3 Å². The van der Waals surface area contributed by atoms with Crippen LogP contribution >= 0.6 is 0 Å². The Morgan fingerprint density at radius 2 is 1.75 bits per heavy atom. The Hall–Kier alpha value is -2.39. The molecule has 1 heterocycles. The van der Waals surface area contributed by atoms with Gasteiger partial charge in [-0.2, -0.15) is 0 Å². The van der Waals surface area contributed by atoms with E-state index in [2.05, 4.69) is 0 Å². The molecule has 0 saturated carbocycles. The molecule has 0 bridgehead atoms. The molecule has 3 nitrogen and oxygen atoms in total. The van der Waals surface area contributed by atoms with Gasteiger partial charge in [0.1, 0.15) is 18.0 Å². The summed E-state index contributed by atoms with van der Waals surface area (Å²) in [5, 5.41) is 9.61. The fourth-order valence-electron chi connectivity index (χ4n) is 2.14. The lowest BCUT2D eigenvalue weighted by Crippen LogP contribution is -1.95. The molecule has 20 heavy (non-hydrogen) atoms. The molecule has 1 N–H and O–H groups in total. The van der Waals surface area contributed by atoms with Gasteiger partial charge in [-0.05, 0) is 29.8 Å². The molecular formula is C17H14O3. The number of benzene rings is 2. The van der Waals surface area contributed by atoms with E-state index in [4.69, 9.17) is 4.74 Å². The van der Waals surface area contributed by atoms with Crippen molar-refractivity contribution >= 4 is 5.78 Å². The summed E-state index contributed by atoms with van der Waals surface area (Å²) in [5.41, 5.74) is 1.41. The summed E-state index contributed by atoms with van der Waals surface area (Å²) in [6.45, 7) is 0. The van der Waals surface area contributed by atoms with Crippen LogP contribution < -0.4 is 0 Å². The predicted molar refractivity (Wildman–Crippen MR) is 75.6 cm³/mol. The van der Waals surface area contributed by atoms with E-state index in [1.54, 1.807) is 24.3 Å². The zero-order valence-electron chi connectivity index (χ0n) is 10.8. The maximum atomic E-state index is 11.9. The molecule has 1 aliphatic rings. The highest BCUT2D eigenvalue weighted by Gasteiger charge is 2.37. The molecule has 1 fully saturated rings. The van der Waals surface area contributed by atoms with Gasteiger partial charge in [0.15, 0.2) is 5.78 Å². The Kier molecular flexibility index (Phi) is 3.35. The molecule has 2 unspecified atom stereocenters. The van der Waals surface area contributed by atoms with E-state index >= 15 is 0 Å². The lowest BCUT2D eigenvalue weighted by molar-refractivity contribution is 0.104. The van der Waals surface area contributed by atoms with Gasteiger partial charge in [-0.3, -0.25) is 4.79 Å². The first-order valence-electron chi connectivity index (χ1n) is 6.46. The van der Waals surface area contributed by atoms with E-state index in [1.165, 1.54) is 12.1 Å². The second-order valence-electron chi connectivity index (χ2n) is 4.67. The number of rotatable bonds is 4. The number of para-hydroxylation sites is 1. The molecule has 0 aliphatic carbocycles. The van der Waals surface area contributed by atoms with Crippen LogP contribution in [0.2, 0.25) is 0 Å². The zero-order chi connectivity index (χ0) is 13.9. The number of aromatic hydroxyl groups is 1. The average molecular weight is 266 g/mol. The third kappa shape index (κ3) is 2.63. The number of ketones is 1. The van der Waals surface area contributed by atoms with Crippen molar-refractivity contribution in [1.29, 1.82) is 0 Å². The third-order valence-corrected chi connectivity index (χ3v) is 3.26. The maximum absolute atomic E-state index is 11.9. The van der Waals surface area contributed by atoms with Gasteiger partial charge < -0.3 is 9.84 Å². The van der Waals surface area contributed by atoms with Crippen LogP contribution in [0.15, 0.2) is 66.7 Å². The Morgan fingerprint density at radius 1 is 1.05 bits per heavy atom. The Morgan fingerprint density at radius 3 is 2.50 bits per heavy atom. The molecule has 0 radical (unpaired) electrons. The van der Waals surface area contributed by atoms with E-state index in [0.717, 1.165) is 5.56 Å². The van der Waals surface area contributed by atoms with Crippen molar-refractivity contribution in [2.24, 2.45) is 0 Å². The largest absolute Gasteiger partial charge is 0.507 e. The summed E-state index contributed by atoms with van der Waals surface area (Å²) in [5.74, 6) is -0.219. The molecule has 2 aromatic rings. The quantitative estimate of drug-likeness (QED) is 0.525. The van der Waals surface area contributed by atoms with E-state index in [9.17, 15) is 9.90 Å². The standard InChI is InChI=1S/C17H14O3/c18-14-9-5-4-8-13(14)15(19)10-11-16-17(20-16)12-6-2-1-3-7-12/h1-11,16-18H/b11-10+. The smallest absolute Gasteiger partial charge is 0.189 e. The van der Waals surface area contributed by atoms with Crippen molar-refractivity contribution in [3.63, 3.8) is 0 Å². The van der Waals surface area contributed by atoms with Gasteiger partial charge in [-0.1, -0.05) is 42.5 Å². The third-order valence-electron chi connectivity index (χ3n) is 3.26. The summed E-state index contributed by atoms with van der Waals surface area (Å²) in [6, 6.07) is 16.4. The van der Waals surface area contributed by atoms with E-state index in [0.29, 0.717) is 5.56 Å². The van der Waals surface area contributed by atoms with Gasteiger partial charge in [0.2, 0.25) is 0 Å². The summed E-state index contributed by atoms with van der Waals surface area (Å²) in [6.07, 6.45) is 3.17. The van der Waals surface area contributed by atoms with E-state index in [-0.39, 0.29) is 23.7 Å². The number of phenolic OH excluding ortho intramolecular Hbond substituents is 1. The molecule has 1 saturated heterocycles. The van der Waals surface area contributed by atoms with Gasteiger partial charge in [-0.25, -0.2) is 0 Å². The van der Waals surface area contributed by atoms with Crippen LogP contribution in [0.4, 0.5) is 0 Å². The Labute approximate surface area is 117 Å². The van der Waals surface area contributed by atoms with Crippen LogP contribution in [0.3, 0.4) is 0 Å². The molecule has 0 spiro atoms. The summed E-state index contributed by atoms with van der Waals surface area (Å²) in [7, 11) is 0. The van der Waals surface area contributed by atoms with Crippen molar-refractivity contribution < 1.29 is 14.6 Å². The molecule has 3 rings (SSSR count). The molecule has 1 aliphatic heterocycles. The number of carbonyl (C=O) groups is 1. The van der Waals surface area contributed by atoms with Crippen molar-refractivity contribution in [2.45, 2.75) is 12.2 Å². The number of hydrogen-bond donors (Lipinski definition) is 1. The fourth-order valence-corrected chi connectivity index (χ4v) is 2.14. The summed E-state index contributed by atoms with van der Waals surface area (Å²) >= 11 is 0. The number of allylic oxidation sites excluding steroid dienone is 1. The number of epoxide rings is 1. The predicted octanol–water partition coefficient (Wildman–Crippen LogP) is 3.27. The molecule has 3 heteroatoms. The molecule has 0 aromatic heterocycles. The molecule has 2 atom stereocenters. The fraction of sp³-hybridized carbons (Fsp3) is 0.118. The Bertz CT molecular complexity index is 646. The minimum atomic E-state index is -0.217. The van der Waals surface area contributed by atoms with Gasteiger partial charge in [-0.15, -0.1) is 0 Å². The number of ether oxygens (including phenoxy) is 1. The molecule has 100 valence electrons. The highest BCUT2D eigenvalue weighted by atomic mass is 16.6. The molecular weight excluding hydrogens is 252 g/mol. The minimum absolute atomic E-state index is 0.00141. The van der Waals surface area contributed by atoms with Gasteiger partial charge in [0, 0.05) is 0 Å². The number of hydrogen-bond acceptors (Lipinski definition) is 3. The van der Waals surface area contributed by atoms with Gasteiger partial charge in [0.05, 0.1) is 5.56 Å². The summed E-state index contributed by atoms with van der Waals surface area (Å²) < 4.78 is 5.52. The van der Waals surface area contributed by atoms with Gasteiger partial charge >= 0.3 is 0 Å². The average Bonchev–Trinajstić information content (AvgIpc) is 3.26. The maximum Gasteiger partial charge on any atom is 0.189 e. The van der Waals surface area contributed by atoms with Crippen LogP contribution in [0, 0.1) is 0 Å². The second-order valence-corrected chi connectivity index (χ2v) is 4.67. The zero-order valence-corrected chi connectivity index (χ0v) is 10.8. The van der Waals surface area contributed by atoms with Gasteiger partial charge in [0.25, 0.3) is 0 Å². The van der Waals surface area contributed by atoms with Crippen LogP contribution in [-0.2, 0) is 4.74 Å². The van der Waals surface area contributed by atoms with Crippen molar-refractivity contribution in [1.82, 2.24) is 0 Å². The number of carbonyl (C=O) groups excluding carboxylic acids is 1. The topological polar surface area (TPSA) is 49.8 Å². The second kappa shape index (κ2) is 5.31. The van der Waals surface area contributed by atoms with Crippen LogP contribution in [-0.4, -0.2) is 17.0 Å². The van der Waals surface area contributed by atoms with Crippen molar-refractivity contribution in [2.75, 3.05) is 0 Å². The van der Waals surface area contributed by atoms with Crippen molar-refractivity contribution in [3.8, 4) is 5.75 Å². The SMILES string of the molecule is O=C(/C=C/C1OC1c1ccccc1)c1ccccc1O. The lowest BCUT2D eigenvalue weighted by Gasteiger charge is -1.98. The van der Waals surface area contributed by atoms with E-state index < -0.39 is 0 Å². The van der Waals surface area contributed by atoms with Crippen LogP contribution in [0.1, 0.15) is 22.0 Å². The number of phenols is 1. The summed E-state index contributed by atoms with van der Waals surface area (Å²) in [4.78, 5) is 11.9. The van der Waals surface area contributed by atoms with Crippen LogP contribution in [0.5, 0.6) is 5.75 Å². The van der Waals surface area contributed by atoms with Crippen LogP contribution in [0.25, 0.3) is 0 Å². The van der Waals surface area contributed by atoms with Crippen molar-refractivity contribution in [3.05, 3.63) is 77.9 Å². The lowest BCUT2D eigenvalue weighted by atomic mass is 10.1. The monoisotopic (exact) mass is 266 g/mol. The first-order chi connectivity index (χ1) is 9.75. The highest BCUT2D eigenvalue weighted by molar-refractivity contribution is 6.06. The minimum Gasteiger partial charge on any atom is -0.507 e. The molecule has 0 amide bonds. The first-order valence-corrected chi connectivity index (χ1v) is 6.46. The first kappa shape index (κ1) is 12.6. The highest BCUT2D eigenvalue weighted by Crippen LogP contribution is 2.39. The normalized spacial score (nSPS) is 21.0.